The van der Waals surface area contributed by atoms with Gasteiger partial charge in [-0.25, -0.2) is 4.79 Å². The first-order valence-electron chi connectivity index (χ1n) is 6.44. The molecule has 7 heteroatoms. The second-order valence-corrected chi connectivity index (χ2v) is 5.63. The smallest absolute Gasteiger partial charge is 0.343 e. The molecule has 2 rings (SSSR count). The van der Waals surface area contributed by atoms with Crippen LogP contribution in [-0.2, 0) is 4.74 Å². The number of benzene rings is 1. The van der Waals surface area contributed by atoms with Gasteiger partial charge in [-0.15, -0.1) is 12.4 Å². The van der Waals surface area contributed by atoms with E-state index in [1.165, 1.54) is 7.11 Å². The molecule has 21 heavy (non-hydrogen) atoms. The predicted octanol–water partition coefficient (Wildman–Crippen LogP) is 3.67. The van der Waals surface area contributed by atoms with Crippen molar-refractivity contribution in [2.75, 3.05) is 27.3 Å². The zero-order valence-electron chi connectivity index (χ0n) is 11.9. The lowest BCUT2D eigenvalue weighted by molar-refractivity contribution is 0.0413. The van der Waals surface area contributed by atoms with Crippen LogP contribution in [-0.4, -0.2) is 44.2 Å². The van der Waals surface area contributed by atoms with Gasteiger partial charge in [-0.05, 0) is 38.6 Å². The van der Waals surface area contributed by atoms with Crippen LogP contribution in [0.1, 0.15) is 23.2 Å². The summed E-state index contributed by atoms with van der Waals surface area (Å²) in [4.78, 5) is 14.4. The zero-order chi connectivity index (χ0) is 14.7. The highest BCUT2D eigenvalue weighted by Gasteiger charge is 2.25. The van der Waals surface area contributed by atoms with Crippen LogP contribution in [0.25, 0.3) is 0 Å². The number of ether oxygens (including phenoxy) is 2. The highest BCUT2D eigenvalue weighted by Crippen LogP contribution is 2.34. The Labute approximate surface area is 140 Å². The minimum Gasteiger partial charge on any atom is -0.494 e. The van der Waals surface area contributed by atoms with Gasteiger partial charge < -0.3 is 14.4 Å². The number of methoxy groups -OCH3 is 1. The van der Waals surface area contributed by atoms with Crippen molar-refractivity contribution in [2.45, 2.75) is 18.9 Å². The van der Waals surface area contributed by atoms with Gasteiger partial charge in [0, 0.05) is 6.04 Å². The lowest BCUT2D eigenvalue weighted by Gasteiger charge is -2.19. The lowest BCUT2D eigenvalue weighted by Crippen LogP contribution is -2.30. The average molecular weight is 355 g/mol. The molecule has 1 heterocycles. The molecule has 0 saturated carbocycles. The Bertz CT molecular complexity index is 510. The summed E-state index contributed by atoms with van der Waals surface area (Å²) in [6, 6.07) is 3.41. The van der Waals surface area contributed by atoms with Gasteiger partial charge in [0.1, 0.15) is 12.2 Å². The largest absolute Gasteiger partial charge is 0.494 e. The summed E-state index contributed by atoms with van der Waals surface area (Å²) in [5.74, 6) is -0.251. The van der Waals surface area contributed by atoms with E-state index in [1.807, 2.05) is 7.05 Å². The van der Waals surface area contributed by atoms with Gasteiger partial charge in [-0.3, -0.25) is 0 Å². The van der Waals surface area contributed by atoms with E-state index in [9.17, 15) is 4.79 Å². The molecule has 0 aromatic heterocycles. The maximum absolute atomic E-state index is 12.2. The molecule has 1 fully saturated rings. The Morgan fingerprint density at radius 3 is 2.62 bits per heavy atom. The molecule has 1 unspecified atom stereocenters. The molecule has 0 radical (unpaired) electrons. The Kier molecular flexibility index (Phi) is 7.07. The second-order valence-electron chi connectivity index (χ2n) is 4.81. The van der Waals surface area contributed by atoms with Crippen molar-refractivity contribution in [3.63, 3.8) is 0 Å². The van der Waals surface area contributed by atoms with E-state index in [0.29, 0.717) is 11.6 Å². The first kappa shape index (κ1) is 18.4. The molecule has 1 saturated heterocycles. The third-order valence-electron chi connectivity index (χ3n) is 3.55. The summed E-state index contributed by atoms with van der Waals surface area (Å²) >= 11 is 12.0. The third kappa shape index (κ3) is 4.16. The summed E-state index contributed by atoms with van der Waals surface area (Å²) in [6.45, 7) is 1.38. The minimum atomic E-state index is -0.505. The average Bonchev–Trinajstić information content (AvgIpc) is 2.83. The van der Waals surface area contributed by atoms with Crippen molar-refractivity contribution < 1.29 is 14.3 Å². The Balaban J connectivity index is 0.00000220. The fourth-order valence-corrected chi connectivity index (χ4v) is 2.82. The number of hydrogen-bond donors (Lipinski definition) is 0. The molecule has 118 valence electrons. The van der Waals surface area contributed by atoms with Crippen LogP contribution in [0.2, 0.25) is 10.0 Å². The highest BCUT2D eigenvalue weighted by atomic mass is 35.5. The summed E-state index contributed by atoms with van der Waals surface area (Å²) in [5.41, 5.74) is 0.183. The van der Waals surface area contributed by atoms with Crippen LogP contribution in [0.5, 0.6) is 5.75 Å². The number of carbonyl (C=O) groups excluding carboxylic acids is 1. The summed E-state index contributed by atoms with van der Waals surface area (Å²) in [5, 5.41) is 0.609. The number of halogens is 3. The Hall–Kier alpha value is -0.680. The lowest BCUT2D eigenvalue weighted by atomic mass is 10.2. The van der Waals surface area contributed by atoms with E-state index in [0.717, 1.165) is 19.4 Å². The molecule has 0 bridgehead atoms. The maximum atomic E-state index is 12.2. The molecule has 1 aliphatic rings. The third-order valence-corrected chi connectivity index (χ3v) is 4.16. The fraction of sp³-hybridized carbons (Fsp3) is 0.500. The van der Waals surface area contributed by atoms with Crippen LogP contribution in [0, 0.1) is 0 Å². The Morgan fingerprint density at radius 2 is 2.05 bits per heavy atom. The first-order chi connectivity index (χ1) is 9.54. The molecule has 0 amide bonds. The summed E-state index contributed by atoms with van der Waals surface area (Å²) < 4.78 is 10.5. The monoisotopic (exact) mass is 353 g/mol. The van der Waals surface area contributed by atoms with Crippen LogP contribution in [0.4, 0.5) is 0 Å². The minimum absolute atomic E-state index is 0. The quantitative estimate of drug-likeness (QED) is 0.773. The van der Waals surface area contributed by atoms with Crippen molar-refractivity contribution in [1.29, 1.82) is 0 Å². The van der Waals surface area contributed by atoms with Crippen molar-refractivity contribution >= 4 is 41.6 Å². The van der Waals surface area contributed by atoms with E-state index in [-0.39, 0.29) is 34.8 Å². The van der Waals surface area contributed by atoms with E-state index in [1.54, 1.807) is 12.1 Å². The maximum Gasteiger partial charge on any atom is 0.343 e. The summed E-state index contributed by atoms with van der Waals surface area (Å²) in [7, 11) is 3.47. The molecule has 0 spiro atoms. The fourth-order valence-electron chi connectivity index (χ4n) is 2.36. The number of rotatable bonds is 4. The topological polar surface area (TPSA) is 38.8 Å². The number of esters is 1. The van der Waals surface area contributed by atoms with Crippen LogP contribution in [0.3, 0.4) is 0 Å². The van der Waals surface area contributed by atoms with E-state index in [2.05, 4.69) is 4.90 Å². The Morgan fingerprint density at radius 1 is 1.38 bits per heavy atom. The van der Waals surface area contributed by atoms with Crippen LogP contribution in [0.15, 0.2) is 12.1 Å². The van der Waals surface area contributed by atoms with Crippen LogP contribution < -0.4 is 4.74 Å². The van der Waals surface area contributed by atoms with Gasteiger partial charge in [0.05, 0.1) is 17.2 Å². The van der Waals surface area contributed by atoms with Crippen molar-refractivity contribution in [3.8, 4) is 5.75 Å². The van der Waals surface area contributed by atoms with Gasteiger partial charge in [0.25, 0.3) is 0 Å². The molecule has 1 aliphatic heterocycles. The van der Waals surface area contributed by atoms with Gasteiger partial charge >= 0.3 is 5.97 Å². The van der Waals surface area contributed by atoms with Gasteiger partial charge in [0.15, 0.2) is 5.75 Å². The number of likely N-dealkylation sites (N-methyl/N-ethyl adjacent to an activating group) is 1. The van der Waals surface area contributed by atoms with Gasteiger partial charge in [-0.1, -0.05) is 23.2 Å². The molecule has 0 aliphatic carbocycles. The summed E-state index contributed by atoms with van der Waals surface area (Å²) in [6.07, 6.45) is 2.16. The number of hydrogen-bond acceptors (Lipinski definition) is 4. The second kappa shape index (κ2) is 8.08. The molecular formula is C14H18Cl3NO3. The molecular weight excluding hydrogens is 337 g/mol. The standard InChI is InChI=1S/C14H17Cl2NO3.ClH/c1-17-7-3-4-9(17)8-20-14(18)12-10(15)5-6-11(16)13(12)19-2;/h5-6,9H,3-4,7-8H2,1-2H3;1H. The molecule has 1 atom stereocenters. The normalized spacial score (nSPS) is 18.2. The van der Waals surface area contributed by atoms with E-state index < -0.39 is 5.97 Å². The highest BCUT2D eigenvalue weighted by molar-refractivity contribution is 6.37. The van der Waals surface area contributed by atoms with Gasteiger partial charge in [-0.2, -0.15) is 0 Å². The number of likely N-dealkylation sites (tertiary alicyclic amines) is 1. The number of carbonyl (C=O) groups is 1. The van der Waals surface area contributed by atoms with Crippen molar-refractivity contribution in [2.24, 2.45) is 0 Å². The van der Waals surface area contributed by atoms with E-state index in [4.69, 9.17) is 32.7 Å². The van der Waals surface area contributed by atoms with Gasteiger partial charge in [0.2, 0.25) is 0 Å². The van der Waals surface area contributed by atoms with Crippen molar-refractivity contribution in [1.82, 2.24) is 4.90 Å². The predicted molar refractivity (Wildman–Crippen MR) is 86.2 cm³/mol. The van der Waals surface area contributed by atoms with E-state index >= 15 is 0 Å². The zero-order valence-corrected chi connectivity index (χ0v) is 14.2. The SMILES string of the molecule is COc1c(Cl)ccc(Cl)c1C(=O)OCC1CCCN1C.Cl. The molecule has 4 nitrogen and oxygen atoms in total. The van der Waals surface area contributed by atoms with Crippen molar-refractivity contribution in [3.05, 3.63) is 27.7 Å². The molecule has 1 aromatic carbocycles. The number of nitrogens with zero attached hydrogens (tertiary/aromatic N) is 1. The molecule has 1 aromatic rings. The first-order valence-corrected chi connectivity index (χ1v) is 7.19. The molecule has 0 N–H and O–H groups in total. The van der Waals surface area contributed by atoms with Crippen LogP contribution >= 0.6 is 35.6 Å².